The highest BCUT2D eigenvalue weighted by Crippen LogP contribution is 2.31. The fourth-order valence-electron chi connectivity index (χ4n) is 3.84. The highest BCUT2D eigenvalue weighted by Gasteiger charge is 2.49. The van der Waals surface area contributed by atoms with Crippen LogP contribution in [-0.2, 0) is 19.9 Å². The molecule has 8 nitrogen and oxygen atoms in total. The first-order valence-corrected chi connectivity index (χ1v) is 10.9. The Morgan fingerprint density at radius 1 is 1.30 bits per heavy atom. The zero-order valence-corrected chi connectivity index (χ0v) is 18.7. The summed E-state index contributed by atoms with van der Waals surface area (Å²) < 4.78 is 24.6. The Kier molecular flexibility index (Phi) is 6.53. The van der Waals surface area contributed by atoms with Gasteiger partial charge in [-0.25, -0.2) is 9.18 Å². The third-order valence-electron chi connectivity index (χ3n) is 5.66. The van der Waals surface area contributed by atoms with E-state index < -0.39 is 35.7 Å². The first-order chi connectivity index (χ1) is 15.8. The Morgan fingerprint density at radius 2 is 2.06 bits per heavy atom. The van der Waals surface area contributed by atoms with Crippen LogP contribution in [0, 0.1) is 5.82 Å². The van der Waals surface area contributed by atoms with Crippen molar-refractivity contribution in [2.45, 2.75) is 31.4 Å². The summed E-state index contributed by atoms with van der Waals surface area (Å²) in [5.74, 6) is -1.28. The standard InChI is InChI=1S/C23H23ClFN3O5/c1-23(14-4-7-16(25)8-5-14)21(30)28(22(31)27-23)12-20(29)26-18-11-15(24)6-9-19(18)33-13-17-3-2-10-32-17/h4-9,11,17H,2-3,10,12-13H2,1H3,(H,26,29)(H,27,31). The Bertz CT molecular complexity index is 1070. The summed E-state index contributed by atoms with van der Waals surface area (Å²) in [5, 5.41) is 5.62. The molecule has 2 unspecified atom stereocenters. The van der Waals surface area contributed by atoms with E-state index in [4.69, 9.17) is 21.1 Å². The molecular formula is C23H23ClFN3O5. The van der Waals surface area contributed by atoms with Gasteiger partial charge in [0.05, 0.1) is 11.8 Å². The fourth-order valence-corrected chi connectivity index (χ4v) is 4.01. The van der Waals surface area contributed by atoms with Gasteiger partial charge in [-0.2, -0.15) is 0 Å². The average Bonchev–Trinajstić information content (AvgIpc) is 3.37. The van der Waals surface area contributed by atoms with Crippen LogP contribution in [0.1, 0.15) is 25.3 Å². The van der Waals surface area contributed by atoms with Crippen LogP contribution in [0.4, 0.5) is 14.9 Å². The number of nitrogens with zero attached hydrogens (tertiary/aromatic N) is 1. The fraction of sp³-hybridized carbons (Fsp3) is 0.348. The molecule has 2 atom stereocenters. The number of rotatable bonds is 7. The van der Waals surface area contributed by atoms with Crippen molar-refractivity contribution in [1.29, 1.82) is 0 Å². The quantitative estimate of drug-likeness (QED) is 0.598. The second-order valence-corrected chi connectivity index (χ2v) is 8.52. The summed E-state index contributed by atoms with van der Waals surface area (Å²) in [6.07, 6.45) is 1.86. The number of benzene rings is 2. The van der Waals surface area contributed by atoms with E-state index in [0.29, 0.717) is 35.2 Å². The van der Waals surface area contributed by atoms with Gasteiger partial charge < -0.3 is 20.1 Å². The number of carbonyl (C=O) groups is 3. The smallest absolute Gasteiger partial charge is 0.325 e. The maximum absolute atomic E-state index is 13.3. The summed E-state index contributed by atoms with van der Waals surface area (Å²) in [4.78, 5) is 39.0. The van der Waals surface area contributed by atoms with Crippen molar-refractivity contribution < 1.29 is 28.2 Å². The van der Waals surface area contributed by atoms with Gasteiger partial charge in [0, 0.05) is 11.6 Å². The van der Waals surface area contributed by atoms with E-state index in [0.717, 1.165) is 17.7 Å². The number of urea groups is 1. The lowest BCUT2D eigenvalue weighted by Crippen LogP contribution is -2.42. The lowest BCUT2D eigenvalue weighted by atomic mass is 9.92. The Balaban J connectivity index is 1.44. The molecule has 0 spiro atoms. The van der Waals surface area contributed by atoms with E-state index in [9.17, 15) is 18.8 Å². The number of imide groups is 1. The first kappa shape index (κ1) is 23.0. The van der Waals surface area contributed by atoms with Crippen LogP contribution in [0.25, 0.3) is 0 Å². The predicted octanol–water partition coefficient (Wildman–Crippen LogP) is 3.44. The number of nitrogens with one attached hydrogen (secondary N) is 2. The normalized spacial score (nSPS) is 22.4. The maximum atomic E-state index is 13.3. The van der Waals surface area contributed by atoms with Crippen molar-refractivity contribution in [2.24, 2.45) is 0 Å². The van der Waals surface area contributed by atoms with Crippen LogP contribution in [-0.4, -0.2) is 48.6 Å². The molecule has 0 saturated carbocycles. The van der Waals surface area contributed by atoms with Crippen LogP contribution in [0.15, 0.2) is 42.5 Å². The summed E-state index contributed by atoms with van der Waals surface area (Å²) in [6, 6.07) is 9.31. The molecule has 2 fully saturated rings. The molecule has 33 heavy (non-hydrogen) atoms. The molecule has 2 aromatic carbocycles. The SMILES string of the molecule is CC1(c2ccc(F)cc2)NC(=O)N(CC(=O)Nc2cc(Cl)ccc2OCC2CCCO2)C1=O. The Hall–Kier alpha value is -3.17. The van der Waals surface area contributed by atoms with Crippen molar-refractivity contribution in [3.8, 4) is 5.75 Å². The van der Waals surface area contributed by atoms with Crippen LogP contribution < -0.4 is 15.4 Å². The van der Waals surface area contributed by atoms with E-state index in [-0.39, 0.29) is 6.10 Å². The number of amides is 4. The second kappa shape index (κ2) is 9.36. The van der Waals surface area contributed by atoms with Crippen molar-refractivity contribution in [3.05, 3.63) is 58.9 Å². The number of anilines is 1. The van der Waals surface area contributed by atoms with Gasteiger partial charge in [-0.05, 0) is 55.7 Å². The number of hydrogen-bond donors (Lipinski definition) is 2. The largest absolute Gasteiger partial charge is 0.489 e. The van der Waals surface area contributed by atoms with Gasteiger partial charge in [0.25, 0.3) is 5.91 Å². The molecule has 2 aliphatic rings. The van der Waals surface area contributed by atoms with Gasteiger partial charge in [0.2, 0.25) is 5.91 Å². The number of ether oxygens (including phenoxy) is 2. The molecule has 4 amide bonds. The molecule has 0 radical (unpaired) electrons. The van der Waals surface area contributed by atoms with Gasteiger partial charge in [-0.3, -0.25) is 14.5 Å². The van der Waals surface area contributed by atoms with Gasteiger partial charge in [0.1, 0.15) is 30.3 Å². The summed E-state index contributed by atoms with van der Waals surface area (Å²) in [7, 11) is 0. The van der Waals surface area contributed by atoms with E-state index in [1.165, 1.54) is 37.3 Å². The molecule has 2 N–H and O–H groups in total. The van der Waals surface area contributed by atoms with Crippen LogP contribution >= 0.6 is 11.6 Å². The molecule has 174 valence electrons. The zero-order valence-electron chi connectivity index (χ0n) is 17.9. The summed E-state index contributed by atoms with van der Waals surface area (Å²) >= 11 is 6.07. The molecule has 2 heterocycles. The Morgan fingerprint density at radius 3 is 2.76 bits per heavy atom. The summed E-state index contributed by atoms with van der Waals surface area (Å²) in [6.45, 7) is 2.01. The summed E-state index contributed by atoms with van der Waals surface area (Å²) in [5.41, 5.74) is -0.680. The zero-order chi connectivity index (χ0) is 23.6. The van der Waals surface area contributed by atoms with Crippen molar-refractivity contribution in [3.63, 3.8) is 0 Å². The number of carbonyl (C=O) groups excluding carboxylic acids is 3. The minimum absolute atomic E-state index is 0.0146. The van der Waals surface area contributed by atoms with Crippen LogP contribution in [0.5, 0.6) is 5.75 Å². The lowest BCUT2D eigenvalue weighted by Gasteiger charge is -2.22. The predicted molar refractivity (Wildman–Crippen MR) is 119 cm³/mol. The van der Waals surface area contributed by atoms with Gasteiger partial charge >= 0.3 is 6.03 Å². The topological polar surface area (TPSA) is 97.0 Å². The number of halogens is 2. The highest BCUT2D eigenvalue weighted by atomic mass is 35.5. The van der Waals surface area contributed by atoms with Crippen molar-refractivity contribution >= 4 is 35.1 Å². The minimum atomic E-state index is -1.41. The average molecular weight is 476 g/mol. The van der Waals surface area contributed by atoms with E-state index >= 15 is 0 Å². The van der Waals surface area contributed by atoms with Crippen molar-refractivity contribution in [1.82, 2.24) is 10.2 Å². The van der Waals surface area contributed by atoms with E-state index in [1.807, 2.05) is 0 Å². The third-order valence-corrected chi connectivity index (χ3v) is 5.90. The monoisotopic (exact) mass is 475 g/mol. The van der Waals surface area contributed by atoms with Crippen LogP contribution in [0.2, 0.25) is 5.02 Å². The second-order valence-electron chi connectivity index (χ2n) is 8.09. The van der Waals surface area contributed by atoms with Gasteiger partial charge in [0.15, 0.2) is 0 Å². The lowest BCUT2D eigenvalue weighted by molar-refractivity contribution is -0.133. The minimum Gasteiger partial charge on any atom is -0.489 e. The van der Waals surface area contributed by atoms with Gasteiger partial charge in [-0.15, -0.1) is 0 Å². The molecule has 0 aliphatic carbocycles. The Labute approximate surface area is 195 Å². The molecule has 2 saturated heterocycles. The van der Waals surface area contributed by atoms with Gasteiger partial charge in [-0.1, -0.05) is 23.7 Å². The first-order valence-electron chi connectivity index (χ1n) is 10.5. The highest BCUT2D eigenvalue weighted by molar-refractivity contribution is 6.31. The van der Waals surface area contributed by atoms with E-state index in [2.05, 4.69) is 10.6 Å². The molecular weight excluding hydrogens is 453 g/mol. The molecule has 0 bridgehead atoms. The molecule has 0 aromatic heterocycles. The molecule has 4 rings (SSSR count). The van der Waals surface area contributed by atoms with Crippen molar-refractivity contribution in [2.75, 3.05) is 25.1 Å². The van der Waals surface area contributed by atoms with E-state index in [1.54, 1.807) is 12.1 Å². The van der Waals surface area contributed by atoms with Crippen LogP contribution in [0.3, 0.4) is 0 Å². The molecule has 2 aliphatic heterocycles. The number of hydrogen-bond acceptors (Lipinski definition) is 5. The molecule has 2 aromatic rings. The third kappa shape index (κ3) is 4.94. The maximum Gasteiger partial charge on any atom is 0.325 e. The molecule has 10 heteroatoms.